The van der Waals surface area contributed by atoms with Crippen molar-refractivity contribution in [2.75, 3.05) is 6.54 Å². The Labute approximate surface area is 147 Å². The van der Waals surface area contributed by atoms with Gasteiger partial charge in [0.25, 0.3) is 0 Å². The summed E-state index contributed by atoms with van der Waals surface area (Å²) in [6.45, 7) is 18.9. The molecule has 0 spiro atoms. The van der Waals surface area contributed by atoms with Gasteiger partial charge in [-0.15, -0.1) is 0 Å². The first-order chi connectivity index (χ1) is 10.1. The molecule has 0 heterocycles. The van der Waals surface area contributed by atoms with Crippen molar-refractivity contribution in [3.8, 4) is 0 Å². The molecule has 0 radical (unpaired) electrons. The molecule has 23 heavy (non-hydrogen) atoms. The Morgan fingerprint density at radius 2 is 1.48 bits per heavy atom. The molecule has 0 aromatic rings. The third-order valence-electron chi connectivity index (χ3n) is 2.24. The Bertz CT molecular complexity index is 376. The van der Waals surface area contributed by atoms with Gasteiger partial charge in [-0.2, -0.15) is 5.06 Å². The maximum Gasteiger partial charge on any atom is 0.463 e. The monoisotopic (exact) mass is 397 g/mol. The van der Waals surface area contributed by atoms with Gasteiger partial charge >= 0.3 is 6.09 Å². The number of hydrogen-bond acceptors (Lipinski definition) is 5. The molecule has 0 rings (SSSR count). The predicted molar refractivity (Wildman–Crippen MR) is 105 cm³/mol. The van der Waals surface area contributed by atoms with E-state index in [-0.39, 0.29) is 5.73 Å². The minimum atomic E-state index is -1.93. The molecule has 1 amide bonds. The highest BCUT2D eigenvalue weighted by atomic mass is 28.4. The summed E-state index contributed by atoms with van der Waals surface area (Å²) in [6.07, 6.45) is 0.181. The van der Waals surface area contributed by atoms with Crippen molar-refractivity contribution < 1.29 is 23.2 Å². The van der Waals surface area contributed by atoms with Crippen LogP contribution in [0.4, 0.5) is 4.79 Å². The molecule has 0 N–H and O–H groups in total. The Hall–Kier alpha value is 0.0175. The summed E-state index contributed by atoms with van der Waals surface area (Å²) in [5, 5.41) is 1.31. The quantitative estimate of drug-likeness (QED) is 0.340. The van der Waals surface area contributed by atoms with Crippen LogP contribution in [0.25, 0.3) is 0 Å². The van der Waals surface area contributed by atoms with Gasteiger partial charge < -0.3 is 8.95 Å². The van der Waals surface area contributed by atoms with Crippen LogP contribution in [0.5, 0.6) is 0 Å². The van der Waals surface area contributed by atoms with Gasteiger partial charge in [0, 0.05) is 16.0 Å². The third-order valence-corrected chi connectivity index (χ3v) is 5.99. The Morgan fingerprint density at radius 3 is 1.87 bits per heavy atom. The van der Waals surface area contributed by atoms with Crippen LogP contribution in [0.1, 0.15) is 6.42 Å². The normalized spacial score (nSPS) is 14.7. The van der Waals surface area contributed by atoms with Crippen molar-refractivity contribution in [1.82, 2.24) is 5.06 Å². The highest BCUT2D eigenvalue weighted by Gasteiger charge is 2.28. The van der Waals surface area contributed by atoms with Crippen molar-refractivity contribution in [2.45, 2.75) is 71.1 Å². The van der Waals surface area contributed by atoms with E-state index in [9.17, 15) is 4.79 Å². The number of carbonyl (C=O) groups excluding carboxylic acids is 1. The van der Waals surface area contributed by atoms with Gasteiger partial charge in [-0.1, -0.05) is 0 Å². The van der Waals surface area contributed by atoms with E-state index >= 15 is 0 Å². The molecular weight excluding hydrogens is 362 g/mol. The Kier molecular flexibility index (Phi) is 8.93. The summed E-state index contributed by atoms with van der Waals surface area (Å²) in [5.41, 5.74) is 0.208. The van der Waals surface area contributed by atoms with Gasteiger partial charge in [-0.25, -0.2) is 9.37 Å². The number of amides is 1. The van der Waals surface area contributed by atoms with Gasteiger partial charge in [-0.3, -0.25) is 4.89 Å². The highest BCUT2D eigenvalue weighted by Crippen LogP contribution is 2.13. The van der Waals surface area contributed by atoms with Gasteiger partial charge in [0.15, 0.2) is 8.32 Å². The van der Waals surface area contributed by atoms with E-state index in [4.69, 9.17) is 18.4 Å². The van der Waals surface area contributed by atoms with Crippen molar-refractivity contribution in [3.05, 3.63) is 0 Å². The average molecular weight is 398 g/mol. The SMILES string of the molecule is C[Si](C)(C)OOC(=O)N(CCC([SiH3])O[Si](C)(C)C)O[Si](C)(C)C. The molecule has 138 valence electrons. The third kappa shape index (κ3) is 14.1. The Balaban J connectivity index is 4.66. The van der Waals surface area contributed by atoms with Gasteiger partial charge in [0.1, 0.15) is 0 Å². The molecule has 0 saturated carbocycles. The molecule has 0 saturated heterocycles. The lowest BCUT2D eigenvalue weighted by Gasteiger charge is -2.30. The molecule has 10 heteroatoms. The summed E-state index contributed by atoms with van der Waals surface area (Å²) in [5.74, 6) is 0. The minimum absolute atomic E-state index is 0.208. The number of hydroxylamine groups is 2. The van der Waals surface area contributed by atoms with E-state index in [0.29, 0.717) is 6.54 Å². The fraction of sp³-hybridized carbons (Fsp3) is 0.923. The fourth-order valence-electron chi connectivity index (χ4n) is 1.67. The van der Waals surface area contributed by atoms with E-state index < -0.39 is 31.0 Å². The van der Waals surface area contributed by atoms with Gasteiger partial charge in [0.2, 0.25) is 16.6 Å². The molecule has 0 aromatic heterocycles. The van der Waals surface area contributed by atoms with Crippen LogP contribution < -0.4 is 0 Å². The number of carbonyl (C=O) groups is 1. The lowest BCUT2D eigenvalue weighted by molar-refractivity contribution is -0.191. The first kappa shape index (κ1) is 23.0. The van der Waals surface area contributed by atoms with Gasteiger partial charge in [-0.05, 0) is 65.3 Å². The van der Waals surface area contributed by atoms with Crippen LogP contribution >= 0.6 is 0 Å². The van der Waals surface area contributed by atoms with E-state index in [1.165, 1.54) is 5.06 Å². The standard InChI is InChI=1S/C13H35NO5Si4/c1-21(2,3)17-12(20)10-11-14(18-22(4,5)6)13(15)16-19-23(7,8)9/h12H,10-11H2,1-9,20H3. The van der Waals surface area contributed by atoms with Crippen molar-refractivity contribution in [1.29, 1.82) is 0 Å². The lowest BCUT2D eigenvalue weighted by Crippen LogP contribution is -2.44. The zero-order chi connectivity index (χ0) is 18.5. The van der Waals surface area contributed by atoms with Crippen LogP contribution in [0.3, 0.4) is 0 Å². The first-order valence-corrected chi connectivity index (χ1v) is 19.5. The number of nitrogens with zero attached hydrogens (tertiary/aromatic N) is 1. The smallest absolute Gasteiger partial charge is 0.419 e. The molecule has 6 nitrogen and oxygen atoms in total. The summed E-state index contributed by atoms with van der Waals surface area (Å²) in [7, 11) is -4.48. The predicted octanol–water partition coefficient (Wildman–Crippen LogP) is 2.89. The maximum absolute atomic E-state index is 12.2. The molecular formula is C13H35NO5Si4. The molecule has 1 unspecified atom stereocenters. The van der Waals surface area contributed by atoms with E-state index in [2.05, 4.69) is 19.6 Å². The second-order valence-corrected chi connectivity index (χ2v) is 23.2. The minimum Gasteiger partial charge on any atom is -0.419 e. The van der Waals surface area contributed by atoms with Crippen LogP contribution in [0, 0.1) is 0 Å². The van der Waals surface area contributed by atoms with E-state index in [1.54, 1.807) is 0 Å². The van der Waals surface area contributed by atoms with Crippen molar-refractivity contribution in [2.24, 2.45) is 0 Å². The van der Waals surface area contributed by atoms with Crippen LogP contribution in [-0.4, -0.2) is 58.6 Å². The lowest BCUT2D eigenvalue weighted by atomic mass is 10.4. The molecule has 0 bridgehead atoms. The van der Waals surface area contributed by atoms with Crippen molar-refractivity contribution in [3.63, 3.8) is 0 Å². The number of hydrogen-bond donors (Lipinski definition) is 0. The first-order valence-electron chi connectivity index (χ1n) is 8.13. The highest BCUT2D eigenvalue weighted by molar-refractivity contribution is 6.70. The second kappa shape index (κ2) is 8.92. The zero-order valence-corrected chi connectivity index (χ0v) is 21.5. The largest absolute Gasteiger partial charge is 0.463 e. The summed E-state index contributed by atoms with van der Waals surface area (Å²) in [4.78, 5) is 17.2. The molecule has 1 atom stereocenters. The zero-order valence-electron chi connectivity index (χ0n) is 16.5. The summed E-state index contributed by atoms with van der Waals surface area (Å²) in [6, 6.07) is 0. The molecule has 0 fully saturated rings. The van der Waals surface area contributed by atoms with Gasteiger partial charge in [0.05, 0.1) is 6.54 Å². The van der Waals surface area contributed by atoms with Crippen LogP contribution in [-0.2, 0) is 18.4 Å². The summed E-state index contributed by atoms with van der Waals surface area (Å²) < 4.78 is 17.2. The number of rotatable bonds is 9. The maximum atomic E-state index is 12.2. The topological polar surface area (TPSA) is 57.2 Å². The molecule has 0 aliphatic carbocycles. The van der Waals surface area contributed by atoms with Crippen molar-refractivity contribution >= 4 is 41.3 Å². The van der Waals surface area contributed by atoms with Crippen LogP contribution in [0.15, 0.2) is 0 Å². The molecule has 0 aliphatic heterocycles. The fourth-order valence-corrected chi connectivity index (χ4v) is 6.52. The molecule has 0 aliphatic rings. The molecule has 0 aromatic carbocycles. The average Bonchev–Trinajstić information content (AvgIpc) is 2.26. The van der Waals surface area contributed by atoms with E-state index in [1.807, 2.05) is 39.3 Å². The summed E-state index contributed by atoms with van der Waals surface area (Å²) >= 11 is 0. The second-order valence-electron chi connectivity index (χ2n) is 8.68. The van der Waals surface area contributed by atoms with E-state index in [0.717, 1.165) is 16.7 Å². The van der Waals surface area contributed by atoms with Crippen LogP contribution in [0.2, 0.25) is 58.9 Å². The Morgan fingerprint density at radius 1 is 0.957 bits per heavy atom.